The van der Waals surface area contributed by atoms with Crippen LogP contribution in [0.15, 0.2) is 24.4 Å². The molecule has 0 fully saturated rings. The zero-order chi connectivity index (χ0) is 24.5. The monoisotopic (exact) mass is 458 g/mol. The molecule has 0 radical (unpaired) electrons. The lowest BCUT2D eigenvalue weighted by Crippen LogP contribution is -2.48. The molecule has 2 rings (SSSR count). The van der Waals surface area contributed by atoms with E-state index in [4.69, 9.17) is 15.0 Å². The second kappa shape index (κ2) is 11.9. The third kappa shape index (κ3) is 7.00. The number of rotatable bonds is 12. The Morgan fingerprint density at radius 2 is 2.00 bits per heavy atom. The van der Waals surface area contributed by atoms with Crippen LogP contribution in [-0.4, -0.2) is 73.1 Å². The standard InChI is InChI=1S/C23H31N5O5/c1-14(2)33-23(31)18(10-9-16(29)13-26-24)27-22(30)20(32-5)11-15-12-25-17-7-6-8-19(21(15)17)28(3)4/h6-8,12-14,18,20,24-25H,9-11H2,1-5H3/p+1/t18-,20-/m0/s1. The summed E-state index contributed by atoms with van der Waals surface area (Å²) in [5, 5.41) is 3.66. The first-order valence-corrected chi connectivity index (χ1v) is 10.7. The normalized spacial score (nSPS) is 12.7. The van der Waals surface area contributed by atoms with Gasteiger partial charge in [-0.25, -0.2) is 4.79 Å². The van der Waals surface area contributed by atoms with Gasteiger partial charge in [-0.15, -0.1) is 0 Å². The number of carbonyl (C=O) groups is 3. The molecule has 33 heavy (non-hydrogen) atoms. The molecule has 0 bridgehead atoms. The van der Waals surface area contributed by atoms with Crippen molar-refractivity contribution < 1.29 is 28.6 Å². The van der Waals surface area contributed by atoms with Crippen molar-refractivity contribution in [2.45, 2.75) is 51.4 Å². The number of anilines is 1. The van der Waals surface area contributed by atoms with E-state index in [0.717, 1.165) is 28.4 Å². The van der Waals surface area contributed by atoms with E-state index in [2.05, 4.69) is 15.1 Å². The predicted octanol–water partition coefficient (Wildman–Crippen LogP) is 1.89. The number of benzene rings is 1. The van der Waals surface area contributed by atoms with E-state index in [9.17, 15) is 14.4 Å². The first-order chi connectivity index (χ1) is 15.7. The van der Waals surface area contributed by atoms with Gasteiger partial charge in [-0.1, -0.05) is 6.07 Å². The van der Waals surface area contributed by atoms with E-state index in [-0.39, 0.29) is 25.4 Å². The first kappa shape index (κ1) is 25.8. The summed E-state index contributed by atoms with van der Waals surface area (Å²) in [7, 11) is 5.33. The third-order valence-electron chi connectivity index (χ3n) is 5.07. The summed E-state index contributed by atoms with van der Waals surface area (Å²) < 4.78 is 10.7. The predicted molar refractivity (Wildman–Crippen MR) is 124 cm³/mol. The Balaban J connectivity index is 2.21. The molecule has 0 aliphatic heterocycles. The van der Waals surface area contributed by atoms with Crippen LogP contribution in [0.5, 0.6) is 0 Å². The minimum atomic E-state index is -1.03. The molecule has 1 aromatic carbocycles. The van der Waals surface area contributed by atoms with Crippen molar-refractivity contribution in [3.63, 3.8) is 0 Å². The lowest BCUT2D eigenvalue weighted by Gasteiger charge is -2.22. The van der Waals surface area contributed by atoms with Crippen LogP contribution in [0.2, 0.25) is 0 Å². The average molecular weight is 459 g/mol. The summed E-state index contributed by atoms with van der Waals surface area (Å²) in [6.07, 6.45) is 1.72. The van der Waals surface area contributed by atoms with E-state index in [0.29, 0.717) is 0 Å². The van der Waals surface area contributed by atoms with Crippen LogP contribution in [-0.2, 0) is 30.3 Å². The Kier molecular flexibility index (Phi) is 9.32. The second-order valence-corrected chi connectivity index (χ2v) is 8.15. The lowest BCUT2D eigenvalue weighted by molar-refractivity contribution is -0.152. The molecule has 1 amide bonds. The molecule has 0 spiro atoms. The Bertz CT molecular complexity index is 1040. The van der Waals surface area contributed by atoms with Crippen molar-refractivity contribution >= 4 is 40.5 Å². The lowest BCUT2D eigenvalue weighted by atomic mass is 10.0. The number of nitrogens with one attached hydrogen (secondary N) is 3. The molecular weight excluding hydrogens is 426 g/mol. The number of H-pyrrole nitrogens is 1. The van der Waals surface area contributed by atoms with Gasteiger partial charge < -0.3 is 24.7 Å². The Hall–Kier alpha value is -3.49. The smallest absolute Gasteiger partial charge is 0.372 e. The van der Waals surface area contributed by atoms with Gasteiger partial charge in [0.05, 0.1) is 16.4 Å². The second-order valence-electron chi connectivity index (χ2n) is 8.15. The number of esters is 1. The van der Waals surface area contributed by atoms with Gasteiger partial charge in [-0.05, 0) is 38.0 Å². The van der Waals surface area contributed by atoms with E-state index in [1.54, 1.807) is 13.8 Å². The highest BCUT2D eigenvalue weighted by Gasteiger charge is 2.29. The number of methoxy groups -OCH3 is 1. The molecule has 0 saturated heterocycles. The summed E-state index contributed by atoms with van der Waals surface area (Å²) in [6, 6.07) is 4.89. The molecule has 178 valence electrons. The van der Waals surface area contributed by atoms with Gasteiger partial charge >= 0.3 is 12.2 Å². The molecule has 2 atom stereocenters. The number of fused-ring (bicyclic) bond motifs is 1. The summed E-state index contributed by atoms with van der Waals surface area (Å²) >= 11 is 0. The summed E-state index contributed by atoms with van der Waals surface area (Å²) in [4.78, 5) is 45.4. The first-order valence-electron chi connectivity index (χ1n) is 10.7. The van der Waals surface area contributed by atoms with Gasteiger partial charge in [0, 0.05) is 56.8 Å². The molecule has 2 aromatic rings. The van der Waals surface area contributed by atoms with Crippen LogP contribution in [0, 0.1) is 5.53 Å². The van der Waals surface area contributed by atoms with Crippen LogP contribution in [0.4, 0.5) is 5.69 Å². The number of hydrogen-bond donors (Lipinski definition) is 3. The molecule has 0 unspecified atom stereocenters. The summed E-state index contributed by atoms with van der Waals surface area (Å²) in [6.45, 7) is 3.40. The van der Waals surface area contributed by atoms with Crippen molar-refractivity contribution in [3.8, 4) is 0 Å². The maximum Gasteiger partial charge on any atom is 0.372 e. The maximum absolute atomic E-state index is 13.0. The molecule has 0 saturated carbocycles. The van der Waals surface area contributed by atoms with Crippen LogP contribution in [0.1, 0.15) is 32.3 Å². The highest BCUT2D eigenvalue weighted by atomic mass is 16.5. The third-order valence-corrected chi connectivity index (χ3v) is 5.07. The van der Waals surface area contributed by atoms with E-state index >= 15 is 0 Å². The van der Waals surface area contributed by atoms with Crippen LogP contribution < -0.4 is 10.2 Å². The zero-order valence-electron chi connectivity index (χ0n) is 19.7. The van der Waals surface area contributed by atoms with Crippen LogP contribution >= 0.6 is 0 Å². The quantitative estimate of drug-likeness (QED) is 0.192. The Morgan fingerprint density at radius 3 is 2.61 bits per heavy atom. The summed E-state index contributed by atoms with van der Waals surface area (Å²) in [5.74, 6) is -1.54. The maximum atomic E-state index is 13.0. The topological polar surface area (TPSA) is 139 Å². The number of carbonyl (C=O) groups excluding carboxylic acids is 3. The van der Waals surface area contributed by atoms with Crippen molar-refractivity contribution in [3.05, 3.63) is 30.0 Å². The van der Waals surface area contributed by atoms with Gasteiger partial charge in [0.1, 0.15) is 12.1 Å². The van der Waals surface area contributed by atoms with Crippen molar-refractivity contribution in [1.82, 2.24) is 10.3 Å². The SMILES string of the molecule is CO[C@@H](Cc1c[nH]c2cccc(N(C)C)c12)C(=O)N[C@@H](CCC(=O)C=[N+]=N)C(=O)OC(C)C. The summed E-state index contributed by atoms with van der Waals surface area (Å²) in [5.41, 5.74) is 9.60. The van der Waals surface area contributed by atoms with Gasteiger partial charge in [0.2, 0.25) is 11.7 Å². The molecule has 1 heterocycles. The molecule has 0 aliphatic carbocycles. The molecule has 0 aliphatic rings. The molecular formula is C23H32N5O5+. The minimum absolute atomic E-state index is 0.0242. The highest BCUT2D eigenvalue weighted by molar-refractivity contribution is 6.25. The fourth-order valence-corrected chi connectivity index (χ4v) is 3.50. The number of Topliss-reactive ketones (excluding diaryl/α,β-unsaturated/α-hetero) is 1. The molecule has 3 N–H and O–H groups in total. The number of nitrogens with zero attached hydrogens (tertiary/aromatic N) is 2. The number of amides is 1. The molecule has 1 aromatic heterocycles. The number of ketones is 1. The van der Waals surface area contributed by atoms with Gasteiger partial charge in [-0.3, -0.25) is 9.59 Å². The highest BCUT2D eigenvalue weighted by Crippen LogP contribution is 2.29. The van der Waals surface area contributed by atoms with Crippen LogP contribution in [0.25, 0.3) is 10.9 Å². The number of aromatic nitrogens is 1. The van der Waals surface area contributed by atoms with Crippen molar-refractivity contribution in [1.29, 1.82) is 5.53 Å². The fraction of sp³-hybridized carbons (Fsp3) is 0.478. The largest absolute Gasteiger partial charge is 0.461 e. The van der Waals surface area contributed by atoms with Crippen molar-refractivity contribution in [2.24, 2.45) is 0 Å². The Morgan fingerprint density at radius 1 is 1.27 bits per heavy atom. The van der Waals surface area contributed by atoms with E-state index in [1.807, 2.05) is 43.4 Å². The number of aromatic amines is 1. The fourth-order valence-electron chi connectivity index (χ4n) is 3.50. The van der Waals surface area contributed by atoms with Crippen LogP contribution in [0.3, 0.4) is 0 Å². The van der Waals surface area contributed by atoms with Gasteiger partial charge in [-0.2, -0.15) is 0 Å². The van der Waals surface area contributed by atoms with E-state index < -0.39 is 29.8 Å². The average Bonchev–Trinajstić information content (AvgIpc) is 3.17. The van der Waals surface area contributed by atoms with Gasteiger partial charge in [0.15, 0.2) is 0 Å². The minimum Gasteiger partial charge on any atom is -0.461 e. The van der Waals surface area contributed by atoms with E-state index in [1.165, 1.54) is 7.11 Å². The van der Waals surface area contributed by atoms with Crippen molar-refractivity contribution in [2.75, 3.05) is 26.1 Å². The van der Waals surface area contributed by atoms with Gasteiger partial charge in [0.25, 0.3) is 0 Å². The zero-order valence-corrected chi connectivity index (χ0v) is 19.7. The number of hydrogen-bond acceptors (Lipinski definition) is 7. The number of ether oxygens (including phenoxy) is 2. The molecule has 10 nitrogen and oxygen atoms in total. The molecule has 10 heteroatoms. The Labute approximate surface area is 192 Å².